The Labute approximate surface area is 99.6 Å². The first-order valence-corrected chi connectivity index (χ1v) is 5.00. The monoisotopic (exact) mass is 348 g/mol. The molecule has 1 aromatic carbocycles. The molecule has 82 valence electrons. The van der Waals surface area contributed by atoms with E-state index in [9.17, 15) is 17.3 Å². The van der Waals surface area contributed by atoms with Gasteiger partial charge in [0.25, 0.3) is 0 Å². The normalized spacial score (nSPS) is 9.93. The number of benzene rings is 1. The summed E-state index contributed by atoms with van der Waals surface area (Å²) in [6, 6.07) is 5.38. The fourth-order valence-electron chi connectivity index (χ4n) is 0.562. The number of hydrogen-bond donors (Lipinski definition) is 0. The van der Waals surface area contributed by atoms with Crippen LogP contribution in [0.1, 0.15) is 0 Å². The quantitative estimate of drug-likeness (QED) is 0.368. The molecule has 9 heteroatoms. The molecule has 0 atom stereocenters. The lowest BCUT2D eigenvalue weighted by molar-refractivity contribution is 0.368. The van der Waals surface area contributed by atoms with Crippen LogP contribution in [-0.2, 0) is 0 Å². The highest BCUT2D eigenvalue weighted by Crippen LogP contribution is 2.28. The molecule has 0 bridgehead atoms. The summed E-state index contributed by atoms with van der Waals surface area (Å²) in [6.45, 7) is 0. The van der Waals surface area contributed by atoms with Crippen molar-refractivity contribution in [2.45, 2.75) is 0 Å². The van der Waals surface area contributed by atoms with Crippen LogP contribution in [0.2, 0.25) is 0 Å². The number of hydrogen-bond acceptors (Lipinski definition) is 1. The molecule has 0 aliphatic carbocycles. The summed E-state index contributed by atoms with van der Waals surface area (Å²) in [7, 11) is -6.00. The number of nitrogens with zero attached hydrogens (tertiary/aromatic N) is 2. The fraction of sp³-hybridized carbons (Fsp3) is 0. The Bertz CT molecular complexity index is 370. The van der Waals surface area contributed by atoms with Crippen LogP contribution >= 0.6 is 31.9 Å². The number of rotatable bonds is 0. The van der Waals surface area contributed by atoms with E-state index in [1.54, 1.807) is 12.1 Å². The Balaban J connectivity index is 0.000000336. The molecular formula is C6H3BBr2F4N2. The van der Waals surface area contributed by atoms with Gasteiger partial charge in [0, 0.05) is 10.5 Å². The molecule has 0 N–H and O–H groups in total. The van der Waals surface area contributed by atoms with E-state index < -0.39 is 7.25 Å². The van der Waals surface area contributed by atoms with Crippen LogP contribution in [0.5, 0.6) is 0 Å². The smallest absolute Gasteiger partial charge is 0.418 e. The Morgan fingerprint density at radius 2 is 1.60 bits per heavy atom. The highest BCUT2D eigenvalue weighted by molar-refractivity contribution is 9.11. The molecule has 0 aliphatic heterocycles. The van der Waals surface area contributed by atoms with Gasteiger partial charge in [-0.15, -0.1) is 0 Å². The summed E-state index contributed by atoms with van der Waals surface area (Å²) in [5.41, 5.74) is 0.523. The van der Waals surface area contributed by atoms with Crippen molar-refractivity contribution in [3.05, 3.63) is 32.1 Å². The molecule has 0 fully saturated rings. The second-order valence-corrected chi connectivity index (χ2v) is 3.96. The van der Waals surface area contributed by atoms with E-state index in [4.69, 9.17) is 5.39 Å². The SMILES string of the molecule is F[B-](F)(F)F.N#[N+]c1cc(Br)ccc1Br. The van der Waals surface area contributed by atoms with Crippen molar-refractivity contribution >= 4 is 44.8 Å². The van der Waals surface area contributed by atoms with Gasteiger partial charge in [-0.25, -0.2) is 0 Å². The van der Waals surface area contributed by atoms with Crippen molar-refractivity contribution in [1.29, 1.82) is 5.39 Å². The summed E-state index contributed by atoms with van der Waals surface area (Å²) in [4.78, 5) is 3.05. The van der Waals surface area contributed by atoms with Gasteiger partial charge in [0.05, 0.1) is 0 Å². The topological polar surface area (TPSA) is 28.1 Å². The van der Waals surface area contributed by atoms with E-state index >= 15 is 0 Å². The van der Waals surface area contributed by atoms with E-state index in [1.165, 1.54) is 0 Å². The van der Waals surface area contributed by atoms with Crippen LogP contribution in [-0.4, -0.2) is 7.25 Å². The zero-order valence-corrected chi connectivity index (χ0v) is 10.1. The van der Waals surface area contributed by atoms with Crippen LogP contribution in [0.25, 0.3) is 4.98 Å². The lowest BCUT2D eigenvalue weighted by atomic mass is 10.3. The Morgan fingerprint density at radius 1 is 1.13 bits per heavy atom. The standard InChI is InChI=1S/C6H3Br2N2.BF4/c7-4-1-2-5(8)6(3-4)10-9;2-1(3,4)5/h1-3H;/q+1;-1. The summed E-state index contributed by atoms with van der Waals surface area (Å²) in [6.07, 6.45) is 0. The number of diazo groups is 1. The first kappa shape index (κ1) is 14.4. The first-order valence-electron chi connectivity index (χ1n) is 3.41. The van der Waals surface area contributed by atoms with Gasteiger partial charge in [0.2, 0.25) is 5.39 Å². The molecule has 0 unspecified atom stereocenters. The Morgan fingerprint density at radius 3 is 1.93 bits per heavy atom. The van der Waals surface area contributed by atoms with Gasteiger partial charge in [-0.2, -0.15) is 0 Å². The van der Waals surface area contributed by atoms with Crippen molar-refractivity contribution in [3.63, 3.8) is 0 Å². The zero-order chi connectivity index (χ0) is 12.1. The van der Waals surface area contributed by atoms with E-state index in [0.29, 0.717) is 5.69 Å². The second-order valence-electron chi connectivity index (χ2n) is 2.19. The van der Waals surface area contributed by atoms with Gasteiger partial charge in [-0.05, 0) is 28.1 Å². The Hall–Kier alpha value is -0.615. The molecule has 0 saturated carbocycles. The molecule has 15 heavy (non-hydrogen) atoms. The minimum atomic E-state index is -6.00. The fourth-order valence-corrected chi connectivity index (χ4v) is 1.24. The van der Waals surface area contributed by atoms with Crippen molar-refractivity contribution in [2.75, 3.05) is 0 Å². The lowest BCUT2D eigenvalue weighted by Gasteiger charge is -1.94. The minimum absolute atomic E-state index is 0.523. The van der Waals surface area contributed by atoms with Crippen molar-refractivity contribution in [3.8, 4) is 0 Å². The van der Waals surface area contributed by atoms with E-state index in [-0.39, 0.29) is 0 Å². The minimum Gasteiger partial charge on any atom is -0.418 e. The van der Waals surface area contributed by atoms with Crippen LogP contribution in [0.4, 0.5) is 23.0 Å². The molecule has 0 amide bonds. The van der Waals surface area contributed by atoms with E-state index in [1.807, 2.05) is 6.07 Å². The van der Waals surface area contributed by atoms with Gasteiger partial charge in [0.1, 0.15) is 4.47 Å². The molecule has 1 rings (SSSR count). The van der Waals surface area contributed by atoms with Crippen molar-refractivity contribution in [2.24, 2.45) is 0 Å². The molecule has 0 aromatic heterocycles. The third kappa shape index (κ3) is 8.38. The molecule has 0 aliphatic rings. The summed E-state index contributed by atoms with van der Waals surface area (Å²) < 4.78 is 40.7. The maximum atomic E-state index is 9.75. The second kappa shape index (κ2) is 6.07. The van der Waals surface area contributed by atoms with Crippen LogP contribution in [0.3, 0.4) is 0 Å². The maximum Gasteiger partial charge on any atom is 0.673 e. The summed E-state index contributed by atoms with van der Waals surface area (Å²) >= 11 is 6.46. The largest absolute Gasteiger partial charge is 0.673 e. The summed E-state index contributed by atoms with van der Waals surface area (Å²) in [5, 5.41) is 8.42. The average molecular weight is 350 g/mol. The lowest BCUT2D eigenvalue weighted by Crippen LogP contribution is -2.02. The molecule has 1 aromatic rings. The molecular weight excluding hydrogens is 347 g/mol. The van der Waals surface area contributed by atoms with E-state index in [2.05, 4.69) is 36.8 Å². The number of halogens is 6. The van der Waals surface area contributed by atoms with Crippen LogP contribution in [0.15, 0.2) is 27.1 Å². The molecule has 0 spiro atoms. The van der Waals surface area contributed by atoms with Crippen molar-refractivity contribution < 1.29 is 17.3 Å². The van der Waals surface area contributed by atoms with Gasteiger partial charge in [-0.1, -0.05) is 15.9 Å². The molecule has 2 nitrogen and oxygen atoms in total. The maximum absolute atomic E-state index is 9.75. The first-order chi connectivity index (χ1) is 6.74. The molecule has 0 saturated heterocycles. The van der Waals surface area contributed by atoms with Crippen LogP contribution in [0, 0.1) is 5.39 Å². The zero-order valence-electron chi connectivity index (χ0n) is 6.97. The predicted octanol–water partition coefficient (Wildman–Crippen LogP) is 5.00. The van der Waals surface area contributed by atoms with Crippen molar-refractivity contribution in [1.82, 2.24) is 0 Å². The third-order valence-corrected chi connectivity index (χ3v) is 2.18. The third-order valence-electron chi connectivity index (χ3n) is 1.02. The average Bonchev–Trinajstić information content (AvgIpc) is 2.06. The van der Waals surface area contributed by atoms with Gasteiger partial charge < -0.3 is 17.3 Å². The molecule has 0 radical (unpaired) electrons. The Kier molecular flexibility index (Phi) is 5.83. The molecule has 0 heterocycles. The van der Waals surface area contributed by atoms with Crippen LogP contribution < -0.4 is 0 Å². The summed E-state index contributed by atoms with van der Waals surface area (Å²) in [5.74, 6) is 0. The highest BCUT2D eigenvalue weighted by atomic mass is 79.9. The van der Waals surface area contributed by atoms with Gasteiger partial charge >= 0.3 is 12.9 Å². The van der Waals surface area contributed by atoms with E-state index in [0.717, 1.165) is 8.95 Å². The highest BCUT2D eigenvalue weighted by Gasteiger charge is 2.20. The van der Waals surface area contributed by atoms with Gasteiger partial charge in [-0.3, -0.25) is 0 Å². The predicted molar refractivity (Wildman–Crippen MR) is 56.8 cm³/mol. The van der Waals surface area contributed by atoms with Gasteiger partial charge in [0.15, 0.2) is 4.98 Å².